The van der Waals surface area contributed by atoms with Crippen molar-refractivity contribution in [1.29, 1.82) is 0 Å². The molecule has 1 saturated heterocycles. The van der Waals surface area contributed by atoms with Gasteiger partial charge in [0, 0.05) is 19.1 Å². The molecule has 0 amide bonds. The average molecular weight is 248 g/mol. The average Bonchev–Trinajstić information content (AvgIpc) is 2.74. The number of hydrogen-bond donors (Lipinski definition) is 1. The molecule has 0 radical (unpaired) electrons. The summed E-state index contributed by atoms with van der Waals surface area (Å²) in [5, 5.41) is 3.62. The summed E-state index contributed by atoms with van der Waals surface area (Å²) < 4.78 is 0. The summed E-state index contributed by atoms with van der Waals surface area (Å²) in [7, 11) is 0. The summed E-state index contributed by atoms with van der Waals surface area (Å²) in [6.07, 6.45) is 4.71. The zero-order valence-corrected chi connectivity index (χ0v) is 11.9. The molecule has 102 valence electrons. The standard InChI is InChI=1S/C16H28N2/c1-10-6-17-7-11(2)9-18(8-10)16-14-12-3-4-13(5-12)15(14)16/h10-17H,3-9H2,1-2H3. The Balaban J connectivity index is 1.47. The highest BCUT2D eigenvalue weighted by Crippen LogP contribution is 2.67. The third-order valence-electron chi connectivity index (χ3n) is 6.19. The molecule has 0 aromatic rings. The van der Waals surface area contributed by atoms with E-state index < -0.39 is 0 Å². The van der Waals surface area contributed by atoms with Gasteiger partial charge in [0.25, 0.3) is 0 Å². The van der Waals surface area contributed by atoms with Crippen LogP contribution in [0.25, 0.3) is 0 Å². The Bertz CT molecular complexity index is 301. The smallest absolute Gasteiger partial charge is 0.0164 e. The second-order valence-electron chi connectivity index (χ2n) is 7.80. The first-order valence-corrected chi connectivity index (χ1v) is 8.19. The van der Waals surface area contributed by atoms with Gasteiger partial charge in [-0.1, -0.05) is 13.8 Å². The van der Waals surface area contributed by atoms with Crippen LogP contribution in [0.4, 0.5) is 0 Å². The van der Waals surface area contributed by atoms with Crippen LogP contribution in [-0.4, -0.2) is 37.1 Å². The zero-order chi connectivity index (χ0) is 12.3. The first-order valence-electron chi connectivity index (χ1n) is 8.19. The topological polar surface area (TPSA) is 15.3 Å². The molecule has 4 aliphatic rings. The Kier molecular flexibility index (Phi) is 2.74. The number of hydrogen-bond acceptors (Lipinski definition) is 2. The fourth-order valence-electron chi connectivity index (χ4n) is 5.59. The number of rotatable bonds is 1. The van der Waals surface area contributed by atoms with Crippen molar-refractivity contribution in [3.63, 3.8) is 0 Å². The Morgan fingerprint density at radius 1 is 0.889 bits per heavy atom. The van der Waals surface area contributed by atoms with Crippen molar-refractivity contribution in [2.45, 2.75) is 39.2 Å². The van der Waals surface area contributed by atoms with Gasteiger partial charge in [-0.15, -0.1) is 0 Å². The molecular weight excluding hydrogens is 220 g/mol. The van der Waals surface area contributed by atoms with Gasteiger partial charge < -0.3 is 5.32 Å². The lowest BCUT2D eigenvalue weighted by molar-refractivity contribution is 0.152. The van der Waals surface area contributed by atoms with E-state index in [1.807, 2.05) is 0 Å². The maximum absolute atomic E-state index is 3.62. The lowest BCUT2D eigenvalue weighted by atomic mass is 10.0. The Labute approximate surface area is 111 Å². The van der Waals surface area contributed by atoms with Crippen molar-refractivity contribution in [2.75, 3.05) is 26.2 Å². The van der Waals surface area contributed by atoms with Crippen molar-refractivity contribution in [3.8, 4) is 0 Å². The van der Waals surface area contributed by atoms with Crippen LogP contribution >= 0.6 is 0 Å². The minimum absolute atomic E-state index is 0.830. The van der Waals surface area contributed by atoms with Crippen LogP contribution in [0.5, 0.6) is 0 Å². The second kappa shape index (κ2) is 4.21. The molecule has 3 aliphatic carbocycles. The van der Waals surface area contributed by atoms with Crippen molar-refractivity contribution >= 4 is 0 Å². The molecule has 0 spiro atoms. The van der Waals surface area contributed by atoms with Crippen LogP contribution in [0, 0.1) is 35.5 Å². The molecule has 1 N–H and O–H groups in total. The second-order valence-corrected chi connectivity index (χ2v) is 7.80. The Morgan fingerprint density at radius 3 is 2.00 bits per heavy atom. The van der Waals surface area contributed by atoms with Crippen molar-refractivity contribution in [3.05, 3.63) is 0 Å². The van der Waals surface area contributed by atoms with Crippen LogP contribution in [0.1, 0.15) is 33.1 Å². The third kappa shape index (κ3) is 1.76. The summed E-state index contributed by atoms with van der Waals surface area (Å²) in [6, 6.07) is 0.999. The summed E-state index contributed by atoms with van der Waals surface area (Å²) >= 11 is 0. The van der Waals surface area contributed by atoms with Gasteiger partial charge in [0.15, 0.2) is 0 Å². The molecule has 2 heteroatoms. The highest BCUT2D eigenvalue weighted by molar-refractivity contribution is 5.17. The summed E-state index contributed by atoms with van der Waals surface area (Å²) in [6.45, 7) is 9.96. The van der Waals surface area contributed by atoms with Crippen molar-refractivity contribution in [1.82, 2.24) is 10.2 Å². The van der Waals surface area contributed by atoms with Gasteiger partial charge in [-0.3, -0.25) is 4.90 Å². The normalized spacial score (nSPS) is 56.0. The van der Waals surface area contributed by atoms with Crippen LogP contribution in [-0.2, 0) is 0 Å². The molecule has 4 rings (SSSR count). The monoisotopic (exact) mass is 248 g/mol. The van der Waals surface area contributed by atoms with Gasteiger partial charge in [0.05, 0.1) is 0 Å². The van der Waals surface area contributed by atoms with Gasteiger partial charge in [0.1, 0.15) is 0 Å². The molecule has 18 heavy (non-hydrogen) atoms. The Hall–Kier alpha value is -0.0800. The maximum Gasteiger partial charge on any atom is 0.0164 e. The summed E-state index contributed by atoms with van der Waals surface area (Å²) in [4.78, 5) is 2.90. The molecule has 0 aromatic carbocycles. The first-order chi connectivity index (χ1) is 8.74. The van der Waals surface area contributed by atoms with Crippen molar-refractivity contribution < 1.29 is 0 Å². The fraction of sp³-hybridized carbons (Fsp3) is 1.00. The van der Waals surface area contributed by atoms with E-state index in [1.54, 1.807) is 19.3 Å². The lowest BCUT2D eigenvalue weighted by Gasteiger charge is -2.33. The van der Waals surface area contributed by atoms with Crippen LogP contribution in [0.2, 0.25) is 0 Å². The van der Waals surface area contributed by atoms with E-state index in [2.05, 4.69) is 24.1 Å². The molecule has 1 heterocycles. The predicted molar refractivity (Wildman–Crippen MR) is 74.4 cm³/mol. The van der Waals surface area contributed by atoms with Crippen LogP contribution < -0.4 is 5.32 Å². The van der Waals surface area contributed by atoms with Gasteiger partial charge in [-0.25, -0.2) is 0 Å². The quantitative estimate of drug-likeness (QED) is 0.765. The number of nitrogens with zero attached hydrogens (tertiary/aromatic N) is 1. The fourth-order valence-corrected chi connectivity index (χ4v) is 5.59. The minimum atomic E-state index is 0.830. The molecule has 3 saturated carbocycles. The maximum atomic E-state index is 3.62. The molecule has 2 bridgehead atoms. The van der Waals surface area contributed by atoms with Crippen LogP contribution in [0.3, 0.4) is 0 Å². The van der Waals surface area contributed by atoms with E-state index >= 15 is 0 Å². The minimum Gasteiger partial charge on any atom is -0.316 e. The third-order valence-corrected chi connectivity index (χ3v) is 6.19. The zero-order valence-electron chi connectivity index (χ0n) is 11.9. The van der Waals surface area contributed by atoms with E-state index in [-0.39, 0.29) is 0 Å². The highest BCUT2D eigenvalue weighted by atomic mass is 15.2. The first kappa shape index (κ1) is 11.7. The molecular formula is C16H28N2. The largest absolute Gasteiger partial charge is 0.316 e. The lowest BCUT2D eigenvalue weighted by Crippen LogP contribution is -2.44. The number of nitrogens with one attached hydrogen (secondary N) is 1. The molecule has 0 aromatic heterocycles. The molecule has 6 atom stereocenters. The summed E-state index contributed by atoms with van der Waals surface area (Å²) in [5.41, 5.74) is 0. The van der Waals surface area contributed by atoms with E-state index in [0.717, 1.165) is 41.5 Å². The van der Waals surface area contributed by atoms with Crippen LogP contribution in [0.15, 0.2) is 0 Å². The van der Waals surface area contributed by atoms with E-state index in [9.17, 15) is 0 Å². The molecule has 4 fully saturated rings. The van der Waals surface area contributed by atoms with Gasteiger partial charge in [-0.05, 0) is 67.9 Å². The SMILES string of the molecule is CC1CNCC(C)CN(C2C3C4CCC(C4)C32)C1. The van der Waals surface area contributed by atoms with Crippen molar-refractivity contribution in [2.24, 2.45) is 35.5 Å². The highest BCUT2D eigenvalue weighted by Gasteiger charge is 2.66. The molecule has 1 aliphatic heterocycles. The predicted octanol–water partition coefficient (Wildman–Crippen LogP) is 2.21. The van der Waals surface area contributed by atoms with Gasteiger partial charge in [-0.2, -0.15) is 0 Å². The van der Waals surface area contributed by atoms with Gasteiger partial charge in [0.2, 0.25) is 0 Å². The van der Waals surface area contributed by atoms with E-state index in [4.69, 9.17) is 0 Å². The Morgan fingerprint density at radius 2 is 1.44 bits per heavy atom. The summed E-state index contributed by atoms with van der Waals surface area (Å²) in [5.74, 6) is 6.15. The van der Waals surface area contributed by atoms with Gasteiger partial charge >= 0.3 is 0 Å². The number of fused-ring (bicyclic) bond motifs is 5. The molecule has 2 nitrogen and oxygen atoms in total. The van der Waals surface area contributed by atoms with E-state index in [0.29, 0.717) is 0 Å². The van der Waals surface area contributed by atoms with E-state index in [1.165, 1.54) is 26.2 Å². The molecule has 6 unspecified atom stereocenters.